The molecule has 5 heteroatoms. The standard InChI is InChI=1S/C12H9BrN2S2/c1-7-10(9-4-8(13)5-16-9)15-11(17-7)12(6-14)2-3-12/h4-5H,2-3H2,1H3. The molecule has 0 unspecified atom stereocenters. The lowest BCUT2D eigenvalue weighted by atomic mass is 10.1. The van der Waals surface area contributed by atoms with Gasteiger partial charge in [-0.3, -0.25) is 0 Å². The number of aromatic nitrogens is 1. The fourth-order valence-electron chi connectivity index (χ4n) is 1.77. The molecule has 2 aromatic rings. The van der Waals surface area contributed by atoms with Gasteiger partial charge in [0, 0.05) is 14.7 Å². The lowest BCUT2D eigenvalue weighted by Gasteiger charge is -1.97. The number of thiazole rings is 1. The minimum atomic E-state index is -0.262. The van der Waals surface area contributed by atoms with Gasteiger partial charge in [-0.15, -0.1) is 22.7 Å². The van der Waals surface area contributed by atoms with E-state index in [4.69, 9.17) is 0 Å². The van der Waals surface area contributed by atoms with E-state index in [1.165, 1.54) is 9.75 Å². The van der Waals surface area contributed by atoms with Gasteiger partial charge in [0.25, 0.3) is 0 Å². The van der Waals surface area contributed by atoms with Crippen molar-refractivity contribution in [1.29, 1.82) is 5.26 Å². The van der Waals surface area contributed by atoms with Crippen molar-refractivity contribution in [2.75, 3.05) is 0 Å². The van der Waals surface area contributed by atoms with Crippen LogP contribution in [0.4, 0.5) is 0 Å². The Balaban J connectivity index is 2.06. The molecule has 0 saturated heterocycles. The minimum absolute atomic E-state index is 0.262. The summed E-state index contributed by atoms with van der Waals surface area (Å²) >= 11 is 6.81. The van der Waals surface area contributed by atoms with Crippen LogP contribution < -0.4 is 0 Å². The first-order chi connectivity index (χ1) is 8.14. The quantitative estimate of drug-likeness (QED) is 0.815. The van der Waals surface area contributed by atoms with E-state index < -0.39 is 0 Å². The van der Waals surface area contributed by atoms with Crippen molar-refractivity contribution in [3.63, 3.8) is 0 Å². The molecule has 0 amide bonds. The molecule has 2 nitrogen and oxygen atoms in total. The van der Waals surface area contributed by atoms with Crippen LogP contribution in [0.2, 0.25) is 0 Å². The Bertz CT molecular complexity index is 617. The average Bonchev–Trinajstić information content (AvgIpc) is 2.85. The second-order valence-electron chi connectivity index (χ2n) is 4.25. The largest absolute Gasteiger partial charge is 0.238 e. The summed E-state index contributed by atoms with van der Waals surface area (Å²) in [6.07, 6.45) is 1.92. The topological polar surface area (TPSA) is 36.7 Å². The van der Waals surface area contributed by atoms with Crippen LogP contribution in [0, 0.1) is 18.3 Å². The summed E-state index contributed by atoms with van der Waals surface area (Å²) in [5.74, 6) is 0. The number of nitriles is 1. The third-order valence-electron chi connectivity index (χ3n) is 2.97. The van der Waals surface area contributed by atoms with Crippen molar-refractivity contribution in [3.05, 3.63) is 25.8 Å². The molecular weight excluding hydrogens is 316 g/mol. The molecule has 0 N–H and O–H groups in total. The summed E-state index contributed by atoms with van der Waals surface area (Å²) in [5, 5.41) is 12.3. The van der Waals surface area contributed by atoms with Gasteiger partial charge in [0.15, 0.2) is 0 Å². The number of hydrogen-bond donors (Lipinski definition) is 0. The predicted octanol–water partition coefficient (Wildman–Crippen LogP) is 4.50. The molecule has 0 atom stereocenters. The van der Waals surface area contributed by atoms with Crippen LogP contribution in [0.25, 0.3) is 10.6 Å². The molecule has 0 aliphatic heterocycles. The number of rotatable bonds is 2. The molecule has 1 aliphatic carbocycles. The molecule has 0 radical (unpaired) electrons. The maximum Gasteiger partial charge on any atom is 0.114 e. The summed E-state index contributed by atoms with van der Waals surface area (Å²) in [6, 6.07) is 4.49. The predicted molar refractivity (Wildman–Crippen MR) is 74.4 cm³/mol. The van der Waals surface area contributed by atoms with Crippen LogP contribution in [0.1, 0.15) is 22.7 Å². The highest BCUT2D eigenvalue weighted by Gasteiger charge is 2.48. The Kier molecular flexibility index (Phi) is 2.62. The van der Waals surface area contributed by atoms with Crippen molar-refractivity contribution < 1.29 is 0 Å². The lowest BCUT2D eigenvalue weighted by Crippen LogP contribution is -2.00. The summed E-state index contributed by atoms with van der Waals surface area (Å²) < 4.78 is 1.09. The Morgan fingerprint density at radius 1 is 1.53 bits per heavy atom. The van der Waals surface area contributed by atoms with Crippen molar-refractivity contribution in [1.82, 2.24) is 4.98 Å². The molecular formula is C12H9BrN2S2. The number of thiophene rings is 1. The first kappa shape index (κ1) is 11.4. The lowest BCUT2D eigenvalue weighted by molar-refractivity contribution is 0.891. The molecule has 3 rings (SSSR count). The number of aryl methyl sites for hydroxylation is 1. The molecule has 0 spiro atoms. The second-order valence-corrected chi connectivity index (χ2v) is 7.28. The van der Waals surface area contributed by atoms with E-state index in [0.29, 0.717) is 0 Å². The van der Waals surface area contributed by atoms with Crippen molar-refractivity contribution in [3.8, 4) is 16.6 Å². The van der Waals surface area contributed by atoms with E-state index in [2.05, 4.69) is 45.4 Å². The average molecular weight is 325 g/mol. The van der Waals surface area contributed by atoms with Crippen molar-refractivity contribution >= 4 is 38.6 Å². The van der Waals surface area contributed by atoms with Gasteiger partial charge in [-0.2, -0.15) is 5.26 Å². The third-order valence-corrected chi connectivity index (χ3v) is 5.84. The van der Waals surface area contributed by atoms with E-state index >= 15 is 0 Å². The van der Waals surface area contributed by atoms with Gasteiger partial charge in [-0.25, -0.2) is 4.98 Å². The second kappa shape index (κ2) is 3.91. The summed E-state index contributed by atoms with van der Waals surface area (Å²) in [7, 11) is 0. The maximum absolute atomic E-state index is 9.20. The molecule has 0 aromatic carbocycles. The van der Waals surface area contributed by atoms with Crippen molar-refractivity contribution in [2.45, 2.75) is 25.2 Å². The molecule has 1 fully saturated rings. The smallest absolute Gasteiger partial charge is 0.114 e. The van der Waals surface area contributed by atoms with E-state index in [1.54, 1.807) is 22.7 Å². The fourth-order valence-corrected chi connectivity index (χ4v) is 4.43. The Morgan fingerprint density at radius 2 is 2.29 bits per heavy atom. The molecule has 86 valence electrons. The zero-order chi connectivity index (χ0) is 12.0. The molecule has 2 aromatic heterocycles. The van der Waals surface area contributed by atoms with Crippen LogP contribution in [-0.2, 0) is 5.41 Å². The third kappa shape index (κ3) is 1.85. The fraction of sp³-hybridized carbons (Fsp3) is 0.333. The SMILES string of the molecule is Cc1sc(C2(C#N)CC2)nc1-c1cc(Br)cs1. The number of halogens is 1. The minimum Gasteiger partial charge on any atom is -0.238 e. The summed E-state index contributed by atoms with van der Waals surface area (Å²) in [4.78, 5) is 7.06. The van der Waals surface area contributed by atoms with Crippen LogP contribution in [-0.4, -0.2) is 4.98 Å². The zero-order valence-electron chi connectivity index (χ0n) is 9.16. The van der Waals surface area contributed by atoms with Crippen LogP contribution in [0.15, 0.2) is 15.9 Å². The Hall–Kier alpha value is -0.700. The first-order valence-electron chi connectivity index (χ1n) is 5.28. The van der Waals surface area contributed by atoms with Gasteiger partial charge in [0.1, 0.15) is 10.4 Å². The van der Waals surface area contributed by atoms with Gasteiger partial charge in [-0.05, 0) is 41.8 Å². The van der Waals surface area contributed by atoms with Gasteiger partial charge >= 0.3 is 0 Å². The van der Waals surface area contributed by atoms with Crippen molar-refractivity contribution in [2.24, 2.45) is 0 Å². The Labute approximate surface area is 116 Å². The van der Waals surface area contributed by atoms with Crippen LogP contribution in [0.3, 0.4) is 0 Å². The molecule has 0 bridgehead atoms. The van der Waals surface area contributed by atoms with Crippen LogP contribution >= 0.6 is 38.6 Å². The summed E-state index contributed by atoms with van der Waals surface area (Å²) in [6.45, 7) is 2.08. The Morgan fingerprint density at radius 3 is 2.82 bits per heavy atom. The van der Waals surface area contributed by atoms with E-state index in [9.17, 15) is 5.26 Å². The van der Waals surface area contributed by atoms with E-state index in [1.807, 2.05) is 0 Å². The maximum atomic E-state index is 9.20. The highest BCUT2D eigenvalue weighted by Crippen LogP contribution is 2.50. The van der Waals surface area contributed by atoms with Gasteiger partial charge in [0.05, 0.1) is 16.6 Å². The normalized spacial score (nSPS) is 16.8. The molecule has 1 saturated carbocycles. The first-order valence-corrected chi connectivity index (χ1v) is 7.77. The van der Waals surface area contributed by atoms with E-state index in [-0.39, 0.29) is 5.41 Å². The molecule has 1 aliphatic rings. The molecule has 2 heterocycles. The highest BCUT2D eigenvalue weighted by atomic mass is 79.9. The van der Waals surface area contributed by atoms with Gasteiger partial charge < -0.3 is 0 Å². The summed E-state index contributed by atoms with van der Waals surface area (Å²) in [5.41, 5.74) is 0.782. The number of nitrogens with zero attached hydrogens (tertiary/aromatic N) is 2. The van der Waals surface area contributed by atoms with E-state index in [0.717, 1.165) is 28.0 Å². The molecule has 17 heavy (non-hydrogen) atoms. The van der Waals surface area contributed by atoms with Gasteiger partial charge in [0.2, 0.25) is 0 Å². The monoisotopic (exact) mass is 324 g/mol. The van der Waals surface area contributed by atoms with Gasteiger partial charge in [-0.1, -0.05) is 0 Å². The number of hydrogen-bond acceptors (Lipinski definition) is 4. The highest BCUT2D eigenvalue weighted by molar-refractivity contribution is 9.10. The van der Waals surface area contributed by atoms with Crippen LogP contribution in [0.5, 0.6) is 0 Å². The zero-order valence-corrected chi connectivity index (χ0v) is 12.4.